The third-order valence-corrected chi connectivity index (χ3v) is 4.18. The number of thiazole rings is 1. The van der Waals surface area contributed by atoms with Crippen LogP contribution < -0.4 is 5.73 Å². The summed E-state index contributed by atoms with van der Waals surface area (Å²) in [5, 5.41) is 1.05. The quantitative estimate of drug-likeness (QED) is 0.925. The number of rotatable bonds is 4. The Balaban J connectivity index is 0.00000162. The first-order valence-corrected chi connectivity index (χ1v) is 7.03. The van der Waals surface area contributed by atoms with E-state index in [1.54, 1.807) is 6.20 Å². The summed E-state index contributed by atoms with van der Waals surface area (Å²) in [5.41, 5.74) is 5.69. The molecule has 110 valence electrons. The number of likely N-dealkylation sites (tertiary alicyclic amines) is 1. The van der Waals surface area contributed by atoms with E-state index in [9.17, 15) is 4.79 Å². The first kappa shape index (κ1) is 18.6. The van der Waals surface area contributed by atoms with Gasteiger partial charge in [-0.05, 0) is 25.7 Å². The summed E-state index contributed by atoms with van der Waals surface area (Å²) < 4.78 is 0. The zero-order valence-corrected chi connectivity index (χ0v) is 13.5. The molecule has 0 radical (unpaired) electrons. The molecule has 2 rings (SSSR count). The van der Waals surface area contributed by atoms with Crippen LogP contribution in [0.15, 0.2) is 6.20 Å². The number of hydrogen-bond donors (Lipinski definition) is 1. The van der Waals surface area contributed by atoms with E-state index in [-0.39, 0.29) is 36.8 Å². The van der Waals surface area contributed by atoms with Crippen molar-refractivity contribution in [1.29, 1.82) is 0 Å². The van der Waals surface area contributed by atoms with Gasteiger partial charge in [-0.2, -0.15) is 0 Å². The van der Waals surface area contributed by atoms with Gasteiger partial charge < -0.3 is 10.6 Å². The largest absolute Gasteiger partial charge is 0.334 e. The maximum absolute atomic E-state index is 12.3. The Morgan fingerprint density at radius 2 is 2.32 bits per heavy atom. The first-order valence-electron chi connectivity index (χ1n) is 6.22. The molecule has 1 amide bonds. The van der Waals surface area contributed by atoms with Crippen molar-refractivity contribution in [3.05, 3.63) is 16.1 Å². The molecule has 2 N–H and O–H groups in total. The molecule has 1 atom stereocenters. The lowest BCUT2D eigenvalue weighted by Crippen LogP contribution is -2.39. The van der Waals surface area contributed by atoms with Crippen LogP contribution in [0.4, 0.5) is 0 Å². The molecular formula is C12H21Cl2N3OS. The van der Waals surface area contributed by atoms with E-state index >= 15 is 0 Å². The van der Waals surface area contributed by atoms with Gasteiger partial charge in [-0.15, -0.1) is 36.2 Å². The molecule has 1 saturated heterocycles. The minimum absolute atomic E-state index is 0. The number of amides is 1. The maximum atomic E-state index is 12.3. The second-order valence-electron chi connectivity index (χ2n) is 4.40. The fourth-order valence-electron chi connectivity index (χ4n) is 2.23. The molecule has 19 heavy (non-hydrogen) atoms. The van der Waals surface area contributed by atoms with E-state index in [4.69, 9.17) is 5.73 Å². The van der Waals surface area contributed by atoms with Gasteiger partial charge in [-0.1, -0.05) is 6.92 Å². The van der Waals surface area contributed by atoms with Crippen molar-refractivity contribution in [1.82, 2.24) is 9.88 Å². The molecule has 1 unspecified atom stereocenters. The topological polar surface area (TPSA) is 59.2 Å². The minimum atomic E-state index is 0. The van der Waals surface area contributed by atoms with Crippen LogP contribution in [0.2, 0.25) is 0 Å². The summed E-state index contributed by atoms with van der Waals surface area (Å²) in [6.07, 6.45) is 5.83. The van der Waals surface area contributed by atoms with Crippen molar-refractivity contribution in [2.45, 2.75) is 38.6 Å². The number of nitrogens with two attached hydrogens (primary N) is 1. The van der Waals surface area contributed by atoms with E-state index < -0.39 is 0 Å². The van der Waals surface area contributed by atoms with Gasteiger partial charge in [0.2, 0.25) is 0 Å². The van der Waals surface area contributed by atoms with Crippen LogP contribution in [0, 0.1) is 0 Å². The highest BCUT2D eigenvalue weighted by molar-refractivity contribution is 7.13. The van der Waals surface area contributed by atoms with Crippen LogP contribution in [0.3, 0.4) is 0 Å². The average Bonchev–Trinajstić information content (AvgIpc) is 2.96. The normalized spacial score (nSPS) is 17.8. The molecule has 1 aromatic rings. The number of halogens is 2. The van der Waals surface area contributed by atoms with Crippen LogP contribution in [0.1, 0.15) is 40.9 Å². The van der Waals surface area contributed by atoms with Gasteiger partial charge in [0.05, 0.1) is 11.2 Å². The van der Waals surface area contributed by atoms with Crippen LogP contribution in [0.25, 0.3) is 0 Å². The lowest BCUT2D eigenvalue weighted by Gasteiger charge is -2.22. The molecule has 1 fully saturated rings. The predicted molar refractivity (Wildman–Crippen MR) is 83.7 cm³/mol. The molecule has 1 aliphatic rings. The van der Waals surface area contributed by atoms with Crippen molar-refractivity contribution in [2.24, 2.45) is 5.73 Å². The molecule has 7 heteroatoms. The SMILES string of the molecule is CCCc1ncc(C(=O)N2CCCC2CN)s1.Cl.Cl. The zero-order valence-electron chi connectivity index (χ0n) is 11.0. The summed E-state index contributed by atoms with van der Waals surface area (Å²) in [4.78, 5) is 19.2. The highest BCUT2D eigenvalue weighted by Crippen LogP contribution is 2.22. The number of nitrogens with zero attached hydrogens (tertiary/aromatic N) is 2. The Hall–Kier alpha value is -0.360. The van der Waals surface area contributed by atoms with Crippen molar-refractivity contribution in [2.75, 3.05) is 13.1 Å². The van der Waals surface area contributed by atoms with Gasteiger partial charge in [0.1, 0.15) is 4.88 Å². The summed E-state index contributed by atoms with van der Waals surface area (Å²) in [6, 6.07) is 0.222. The van der Waals surface area contributed by atoms with E-state index in [1.165, 1.54) is 11.3 Å². The zero-order chi connectivity index (χ0) is 12.3. The van der Waals surface area contributed by atoms with Crippen molar-refractivity contribution in [3.8, 4) is 0 Å². The van der Waals surface area contributed by atoms with E-state index in [0.717, 1.165) is 42.1 Å². The second-order valence-corrected chi connectivity index (χ2v) is 5.51. The number of carbonyl (C=O) groups is 1. The lowest BCUT2D eigenvalue weighted by molar-refractivity contribution is 0.0746. The highest BCUT2D eigenvalue weighted by atomic mass is 35.5. The Morgan fingerprint density at radius 3 is 2.95 bits per heavy atom. The summed E-state index contributed by atoms with van der Waals surface area (Å²) in [6.45, 7) is 3.52. The van der Waals surface area contributed by atoms with Crippen LogP contribution in [0.5, 0.6) is 0 Å². The summed E-state index contributed by atoms with van der Waals surface area (Å²) in [5.74, 6) is 0.109. The van der Waals surface area contributed by atoms with Gasteiger partial charge in [0, 0.05) is 19.1 Å². The summed E-state index contributed by atoms with van der Waals surface area (Å²) >= 11 is 1.52. The Bertz CT molecular complexity index is 400. The molecule has 0 saturated carbocycles. The highest BCUT2D eigenvalue weighted by Gasteiger charge is 2.29. The average molecular weight is 326 g/mol. The smallest absolute Gasteiger partial charge is 0.265 e. The lowest BCUT2D eigenvalue weighted by atomic mass is 10.2. The minimum Gasteiger partial charge on any atom is -0.334 e. The monoisotopic (exact) mass is 325 g/mol. The maximum Gasteiger partial charge on any atom is 0.265 e. The molecule has 0 aromatic carbocycles. The fourth-order valence-corrected chi connectivity index (χ4v) is 3.20. The molecule has 2 heterocycles. The number of carbonyl (C=O) groups excluding carboxylic acids is 1. The van der Waals surface area contributed by atoms with Crippen LogP contribution >= 0.6 is 36.2 Å². The standard InChI is InChI=1S/C12H19N3OS.2ClH/c1-2-4-11-14-8-10(17-11)12(16)15-6-3-5-9(15)7-13;;/h8-9H,2-7,13H2,1H3;2*1H. The van der Waals surface area contributed by atoms with E-state index in [0.29, 0.717) is 6.54 Å². The van der Waals surface area contributed by atoms with Gasteiger partial charge in [-0.25, -0.2) is 4.98 Å². The number of aryl methyl sites for hydroxylation is 1. The van der Waals surface area contributed by atoms with Gasteiger partial charge in [0.25, 0.3) is 5.91 Å². The molecule has 0 bridgehead atoms. The van der Waals surface area contributed by atoms with Crippen LogP contribution in [-0.4, -0.2) is 34.9 Å². The number of aromatic nitrogens is 1. The first-order chi connectivity index (χ1) is 8.26. The Labute approximate surface area is 130 Å². The third-order valence-electron chi connectivity index (χ3n) is 3.14. The van der Waals surface area contributed by atoms with Crippen molar-refractivity contribution >= 4 is 42.1 Å². The van der Waals surface area contributed by atoms with Gasteiger partial charge >= 0.3 is 0 Å². The Morgan fingerprint density at radius 1 is 1.58 bits per heavy atom. The Kier molecular flexibility index (Phi) is 8.57. The van der Waals surface area contributed by atoms with E-state index in [2.05, 4.69) is 11.9 Å². The molecular weight excluding hydrogens is 305 g/mol. The molecule has 1 aromatic heterocycles. The van der Waals surface area contributed by atoms with Crippen LogP contribution in [-0.2, 0) is 6.42 Å². The molecule has 0 aliphatic carbocycles. The molecule has 4 nitrogen and oxygen atoms in total. The summed E-state index contributed by atoms with van der Waals surface area (Å²) in [7, 11) is 0. The van der Waals surface area contributed by atoms with E-state index in [1.807, 2.05) is 4.90 Å². The fraction of sp³-hybridized carbons (Fsp3) is 0.667. The molecule has 0 spiro atoms. The van der Waals surface area contributed by atoms with Crippen molar-refractivity contribution < 1.29 is 4.79 Å². The van der Waals surface area contributed by atoms with Gasteiger partial charge in [-0.3, -0.25) is 4.79 Å². The number of hydrogen-bond acceptors (Lipinski definition) is 4. The third kappa shape index (κ3) is 4.31. The second kappa shape index (κ2) is 8.74. The van der Waals surface area contributed by atoms with Crippen molar-refractivity contribution in [3.63, 3.8) is 0 Å². The molecule has 1 aliphatic heterocycles. The predicted octanol–water partition coefficient (Wildman–Crippen LogP) is 2.50. The van der Waals surface area contributed by atoms with Gasteiger partial charge in [0.15, 0.2) is 0 Å².